The van der Waals surface area contributed by atoms with E-state index in [-0.39, 0.29) is 12.5 Å². The van der Waals surface area contributed by atoms with E-state index in [9.17, 15) is 18.0 Å². The lowest BCUT2D eigenvalue weighted by molar-refractivity contribution is -0.176. The fraction of sp³-hybridized carbons (Fsp3) is 0.579. The largest absolute Gasteiger partial charge is 0.411 e. The van der Waals surface area contributed by atoms with Crippen LogP contribution in [0.3, 0.4) is 0 Å². The van der Waals surface area contributed by atoms with Gasteiger partial charge in [0.15, 0.2) is 5.96 Å². The molecule has 0 spiro atoms. The molecule has 0 heterocycles. The Labute approximate surface area is 163 Å². The fourth-order valence-corrected chi connectivity index (χ4v) is 2.18. The second-order valence-corrected chi connectivity index (χ2v) is 6.15. The monoisotopic (exact) mass is 402 g/mol. The predicted octanol–water partition coefficient (Wildman–Crippen LogP) is 2.74. The highest BCUT2D eigenvalue weighted by Crippen LogP contribution is 2.16. The van der Waals surface area contributed by atoms with Crippen LogP contribution in [0.1, 0.15) is 37.8 Å². The van der Waals surface area contributed by atoms with Crippen LogP contribution < -0.4 is 16.0 Å². The lowest BCUT2D eigenvalue weighted by atomic mass is 10.1. The molecule has 1 aromatic rings. The summed E-state index contributed by atoms with van der Waals surface area (Å²) in [5.74, 6) is 0.594. The zero-order chi connectivity index (χ0) is 20.8. The molecule has 1 aromatic carbocycles. The summed E-state index contributed by atoms with van der Waals surface area (Å²) in [4.78, 5) is 16.0. The Hall–Kier alpha value is -2.29. The van der Waals surface area contributed by atoms with E-state index in [1.807, 2.05) is 13.8 Å². The highest BCUT2D eigenvalue weighted by Gasteiger charge is 2.27. The van der Waals surface area contributed by atoms with E-state index in [2.05, 4.69) is 25.7 Å². The van der Waals surface area contributed by atoms with Gasteiger partial charge < -0.3 is 20.7 Å². The fourth-order valence-electron chi connectivity index (χ4n) is 2.18. The molecule has 1 rings (SSSR count). The van der Waals surface area contributed by atoms with E-state index in [0.717, 1.165) is 12.0 Å². The summed E-state index contributed by atoms with van der Waals surface area (Å²) < 4.78 is 40.9. The first kappa shape index (κ1) is 23.7. The number of carbonyl (C=O) groups is 1. The van der Waals surface area contributed by atoms with E-state index in [0.29, 0.717) is 44.1 Å². The molecule has 28 heavy (non-hydrogen) atoms. The van der Waals surface area contributed by atoms with Crippen molar-refractivity contribution in [2.45, 2.75) is 46.0 Å². The minimum Gasteiger partial charge on any atom is -0.367 e. The molecule has 158 valence electrons. The molecule has 6 nitrogen and oxygen atoms in total. The number of amides is 1. The Kier molecular flexibility index (Phi) is 11.0. The van der Waals surface area contributed by atoms with Gasteiger partial charge in [0.2, 0.25) is 5.91 Å². The molecule has 0 aliphatic heterocycles. The van der Waals surface area contributed by atoms with Crippen LogP contribution in [-0.4, -0.2) is 44.3 Å². The molecule has 0 aliphatic rings. The second kappa shape index (κ2) is 13.0. The number of hydrogen-bond acceptors (Lipinski definition) is 3. The van der Waals surface area contributed by atoms with Gasteiger partial charge in [-0.2, -0.15) is 13.2 Å². The van der Waals surface area contributed by atoms with Gasteiger partial charge in [-0.25, -0.2) is 4.99 Å². The zero-order valence-electron chi connectivity index (χ0n) is 16.4. The van der Waals surface area contributed by atoms with Crippen LogP contribution in [0.15, 0.2) is 29.3 Å². The molecule has 0 atom stereocenters. The Morgan fingerprint density at radius 1 is 1.04 bits per heavy atom. The van der Waals surface area contributed by atoms with Gasteiger partial charge in [-0.1, -0.05) is 31.2 Å². The van der Waals surface area contributed by atoms with Gasteiger partial charge in [0.25, 0.3) is 0 Å². The molecule has 9 heteroatoms. The first-order chi connectivity index (χ1) is 13.3. The van der Waals surface area contributed by atoms with Crippen LogP contribution in [-0.2, 0) is 22.7 Å². The van der Waals surface area contributed by atoms with Crippen LogP contribution in [0.2, 0.25) is 0 Å². The summed E-state index contributed by atoms with van der Waals surface area (Å²) in [6, 6.07) is 7.05. The van der Waals surface area contributed by atoms with Gasteiger partial charge >= 0.3 is 6.18 Å². The van der Waals surface area contributed by atoms with Gasteiger partial charge in [0, 0.05) is 26.1 Å². The lowest BCUT2D eigenvalue weighted by Crippen LogP contribution is -2.39. The van der Waals surface area contributed by atoms with Crippen molar-refractivity contribution in [1.82, 2.24) is 16.0 Å². The van der Waals surface area contributed by atoms with Gasteiger partial charge in [-0.15, -0.1) is 0 Å². The topological polar surface area (TPSA) is 74.8 Å². The number of alkyl halides is 3. The Bertz CT molecular complexity index is 604. The maximum Gasteiger partial charge on any atom is 0.411 e. The number of rotatable bonds is 11. The number of carbonyl (C=O) groups excluding carboxylic acids is 1. The molecule has 1 amide bonds. The van der Waals surface area contributed by atoms with E-state index in [1.54, 1.807) is 24.3 Å². The molecule has 3 N–H and O–H groups in total. The lowest BCUT2D eigenvalue weighted by Gasteiger charge is -2.11. The molecular formula is C19H29F3N4O2. The molecule has 0 saturated heterocycles. The first-order valence-electron chi connectivity index (χ1n) is 9.35. The van der Waals surface area contributed by atoms with Crippen LogP contribution in [0.5, 0.6) is 0 Å². The number of aliphatic imine (C=N–C) groups is 1. The minimum absolute atomic E-state index is 0.00599. The van der Waals surface area contributed by atoms with Gasteiger partial charge in [-0.3, -0.25) is 4.79 Å². The Morgan fingerprint density at radius 2 is 1.71 bits per heavy atom. The van der Waals surface area contributed by atoms with E-state index < -0.39 is 12.8 Å². The van der Waals surface area contributed by atoms with Crippen molar-refractivity contribution < 1.29 is 22.7 Å². The summed E-state index contributed by atoms with van der Waals surface area (Å²) in [6.07, 6.45) is -3.06. The molecule has 0 radical (unpaired) electrons. The maximum atomic E-state index is 12.1. The van der Waals surface area contributed by atoms with Gasteiger partial charge in [0.05, 0.1) is 13.2 Å². The summed E-state index contributed by atoms with van der Waals surface area (Å²) >= 11 is 0. The maximum absolute atomic E-state index is 12.1. The number of ether oxygens (including phenoxy) is 1. The number of hydrogen-bond donors (Lipinski definition) is 3. The molecule has 0 aromatic heterocycles. The molecule has 0 bridgehead atoms. The van der Waals surface area contributed by atoms with Crippen molar-refractivity contribution in [2.24, 2.45) is 4.99 Å². The summed E-state index contributed by atoms with van der Waals surface area (Å²) in [5, 5.41) is 9.02. The normalized spacial score (nSPS) is 12.0. The van der Waals surface area contributed by atoms with Gasteiger partial charge in [0.1, 0.15) is 6.61 Å². The Morgan fingerprint density at radius 3 is 2.32 bits per heavy atom. The van der Waals surface area contributed by atoms with E-state index in [4.69, 9.17) is 0 Å². The third-order valence-electron chi connectivity index (χ3n) is 3.54. The number of nitrogens with zero attached hydrogens (tertiary/aromatic N) is 1. The van der Waals surface area contributed by atoms with Crippen LogP contribution in [0.4, 0.5) is 13.2 Å². The average Bonchev–Trinajstić information content (AvgIpc) is 2.64. The van der Waals surface area contributed by atoms with Crippen molar-refractivity contribution in [2.75, 3.05) is 26.2 Å². The number of nitrogens with one attached hydrogen (secondary N) is 3. The van der Waals surface area contributed by atoms with Crippen molar-refractivity contribution in [3.05, 3.63) is 35.4 Å². The SMILES string of the molecule is CCCNC(=O)CCNC(=NCc1ccc(COCC(F)(F)F)cc1)NCC. The van der Waals surface area contributed by atoms with E-state index in [1.165, 1.54) is 0 Å². The molecular weight excluding hydrogens is 373 g/mol. The molecule has 0 fully saturated rings. The number of halogens is 3. The smallest absolute Gasteiger partial charge is 0.367 e. The quantitative estimate of drug-likeness (QED) is 0.393. The van der Waals surface area contributed by atoms with Crippen LogP contribution in [0.25, 0.3) is 0 Å². The highest BCUT2D eigenvalue weighted by molar-refractivity contribution is 5.81. The third kappa shape index (κ3) is 11.4. The van der Waals surface area contributed by atoms with Crippen LogP contribution >= 0.6 is 0 Å². The van der Waals surface area contributed by atoms with Crippen molar-refractivity contribution in [3.63, 3.8) is 0 Å². The zero-order valence-corrected chi connectivity index (χ0v) is 16.4. The number of guanidine groups is 1. The standard InChI is InChI=1S/C19H29F3N4O2/c1-3-10-24-17(27)9-11-25-18(23-4-2)26-12-15-5-7-16(8-6-15)13-28-14-19(20,21)22/h5-8H,3-4,9-14H2,1-2H3,(H,24,27)(H2,23,25,26). The summed E-state index contributed by atoms with van der Waals surface area (Å²) in [5.41, 5.74) is 1.58. The summed E-state index contributed by atoms with van der Waals surface area (Å²) in [7, 11) is 0. The van der Waals surface area contributed by atoms with Crippen LogP contribution in [0, 0.1) is 0 Å². The second-order valence-electron chi connectivity index (χ2n) is 6.15. The first-order valence-corrected chi connectivity index (χ1v) is 9.35. The highest BCUT2D eigenvalue weighted by atomic mass is 19.4. The predicted molar refractivity (Wildman–Crippen MR) is 103 cm³/mol. The van der Waals surface area contributed by atoms with Crippen molar-refractivity contribution in [1.29, 1.82) is 0 Å². The molecule has 0 saturated carbocycles. The average molecular weight is 402 g/mol. The van der Waals surface area contributed by atoms with Crippen molar-refractivity contribution in [3.8, 4) is 0 Å². The Balaban J connectivity index is 2.45. The van der Waals surface area contributed by atoms with E-state index >= 15 is 0 Å². The number of benzene rings is 1. The third-order valence-corrected chi connectivity index (χ3v) is 3.54. The minimum atomic E-state index is -4.32. The molecule has 0 unspecified atom stereocenters. The summed E-state index contributed by atoms with van der Waals surface area (Å²) in [6.45, 7) is 4.82. The van der Waals surface area contributed by atoms with Crippen molar-refractivity contribution >= 4 is 11.9 Å². The van der Waals surface area contributed by atoms with Gasteiger partial charge in [-0.05, 0) is 24.5 Å². The molecule has 0 aliphatic carbocycles.